The normalized spacial score (nSPS) is 25.8. The molecule has 5 heteroatoms. The van der Waals surface area contributed by atoms with Crippen molar-refractivity contribution in [3.8, 4) is 0 Å². The van der Waals surface area contributed by atoms with Crippen LogP contribution < -0.4 is 5.32 Å². The lowest BCUT2D eigenvalue weighted by molar-refractivity contribution is -0.147. The van der Waals surface area contributed by atoms with Crippen LogP contribution in [-0.4, -0.2) is 74.2 Å². The zero-order chi connectivity index (χ0) is 14.6. The molecular formula is C15H29N3O2. The Labute approximate surface area is 122 Å². The Kier molecular flexibility index (Phi) is 5.41. The van der Waals surface area contributed by atoms with Crippen molar-refractivity contribution in [3.63, 3.8) is 0 Å². The minimum atomic E-state index is -0.273. The van der Waals surface area contributed by atoms with E-state index in [2.05, 4.69) is 31.0 Å². The summed E-state index contributed by atoms with van der Waals surface area (Å²) in [7, 11) is 0. The molecule has 0 aromatic carbocycles. The molecule has 1 amide bonds. The van der Waals surface area contributed by atoms with Gasteiger partial charge >= 0.3 is 0 Å². The molecule has 0 aromatic rings. The first kappa shape index (κ1) is 15.7. The number of nitrogens with one attached hydrogen (secondary N) is 1. The smallest absolute Gasteiger partial charge is 0.253 e. The van der Waals surface area contributed by atoms with E-state index in [9.17, 15) is 4.79 Å². The van der Waals surface area contributed by atoms with E-state index in [1.54, 1.807) is 0 Å². The molecule has 2 aliphatic heterocycles. The lowest BCUT2D eigenvalue weighted by Gasteiger charge is -2.37. The van der Waals surface area contributed by atoms with Crippen LogP contribution in [0.4, 0.5) is 0 Å². The number of amides is 1. The number of ether oxygens (including phenoxy) is 1. The number of morpholine rings is 1. The first-order valence-electron chi connectivity index (χ1n) is 7.79. The van der Waals surface area contributed by atoms with Crippen LogP contribution in [0.1, 0.15) is 27.2 Å². The summed E-state index contributed by atoms with van der Waals surface area (Å²) < 4.78 is 5.54. The third kappa shape index (κ3) is 4.72. The Morgan fingerprint density at radius 3 is 2.50 bits per heavy atom. The molecule has 116 valence electrons. The SMILES string of the molecule is CC(C)(C)CCN1CCN(C(=O)C2CNCCO2)CC1. The lowest BCUT2D eigenvalue weighted by Crippen LogP contribution is -2.55. The van der Waals surface area contributed by atoms with E-state index in [1.165, 1.54) is 6.42 Å². The predicted octanol–water partition coefficient (Wildman–Crippen LogP) is 0.555. The van der Waals surface area contributed by atoms with Crippen LogP contribution >= 0.6 is 0 Å². The number of carbonyl (C=O) groups excluding carboxylic acids is 1. The second-order valence-electron chi connectivity index (χ2n) is 7.04. The molecule has 0 spiro atoms. The van der Waals surface area contributed by atoms with Gasteiger partial charge in [-0.25, -0.2) is 0 Å². The van der Waals surface area contributed by atoms with Crippen molar-refractivity contribution in [2.45, 2.75) is 33.3 Å². The summed E-state index contributed by atoms with van der Waals surface area (Å²) in [4.78, 5) is 16.8. The van der Waals surface area contributed by atoms with Crippen molar-refractivity contribution in [2.75, 3.05) is 52.4 Å². The molecule has 0 aliphatic carbocycles. The van der Waals surface area contributed by atoms with Crippen molar-refractivity contribution < 1.29 is 9.53 Å². The molecule has 1 N–H and O–H groups in total. The van der Waals surface area contributed by atoms with Gasteiger partial charge in [0.1, 0.15) is 6.10 Å². The fourth-order valence-electron chi connectivity index (χ4n) is 2.61. The van der Waals surface area contributed by atoms with Crippen LogP contribution in [0.15, 0.2) is 0 Å². The molecular weight excluding hydrogens is 254 g/mol. The van der Waals surface area contributed by atoms with Crippen molar-refractivity contribution in [1.82, 2.24) is 15.1 Å². The van der Waals surface area contributed by atoms with Crippen LogP contribution in [0, 0.1) is 5.41 Å². The molecule has 0 aromatic heterocycles. The summed E-state index contributed by atoms with van der Waals surface area (Å²) >= 11 is 0. The van der Waals surface area contributed by atoms with Gasteiger partial charge in [0.25, 0.3) is 5.91 Å². The van der Waals surface area contributed by atoms with Gasteiger partial charge in [0.05, 0.1) is 6.61 Å². The number of rotatable bonds is 3. The van der Waals surface area contributed by atoms with Gasteiger partial charge in [-0.05, 0) is 18.4 Å². The van der Waals surface area contributed by atoms with Crippen LogP contribution in [0.25, 0.3) is 0 Å². The highest BCUT2D eigenvalue weighted by Crippen LogP contribution is 2.19. The van der Waals surface area contributed by atoms with E-state index in [4.69, 9.17) is 4.74 Å². The number of hydrogen-bond acceptors (Lipinski definition) is 4. The quantitative estimate of drug-likeness (QED) is 0.822. The van der Waals surface area contributed by atoms with E-state index in [0.29, 0.717) is 18.6 Å². The van der Waals surface area contributed by atoms with Gasteiger partial charge in [0, 0.05) is 39.3 Å². The average molecular weight is 283 g/mol. The molecule has 2 saturated heterocycles. The van der Waals surface area contributed by atoms with Gasteiger partial charge in [-0.3, -0.25) is 9.69 Å². The largest absolute Gasteiger partial charge is 0.366 e. The maximum Gasteiger partial charge on any atom is 0.253 e. The molecule has 0 bridgehead atoms. The number of piperazine rings is 1. The van der Waals surface area contributed by atoms with Gasteiger partial charge in [0.15, 0.2) is 0 Å². The summed E-state index contributed by atoms with van der Waals surface area (Å²) in [6.07, 6.45) is 0.932. The van der Waals surface area contributed by atoms with Gasteiger partial charge in [-0.1, -0.05) is 20.8 Å². The number of carbonyl (C=O) groups is 1. The monoisotopic (exact) mass is 283 g/mol. The first-order chi connectivity index (χ1) is 9.46. The first-order valence-corrected chi connectivity index (χ1v) is 7.79. The number of nitrogens with zero attached hydrogens (tertiary/aromatic N) is 2. The fourth-order valence-corrected chi connectivity index (χ4v) is 2.61. The van der Waals surface area contributed by atoms with E-state index in [1.807, 2.05) is 4.90 Å². The summed E-state index contributed by atoms with van der Waals surface area (Å²) in [5.74, 6) is 0.160. The Morgan fingerprint density at radius 2 is 1.95 bits per heavy atom. The molecule has 5 nitrogen and oxygen atoms in total. The predicted molar refractivity (Wildman–Crippen MR) is 79.7 cm³/mol. The molecule has 2 fully saturated rings. The van der Waals surface area contributed by atoms with Crippen molar-refractivity contribution in [1.29, 1.82) is 0 Å². The minimum Gasteiger partial charge on any atom is -0.366 e. The third-order valence-electron chi connectivity index (χ3n) is 4.07. The van der Waals surface area contributed by atoms with Gasteiger partial charge < -0.3 is 15.0 Å². The standard InChI is InChI=1S/C15H29N3O2/c1-15(2,3)4-6-17-7-9-18(10-8-17)14(19)13-12-16-5-11-20-13/h13,16H,4-12H2,1-3H3. The Balaban J connectivity index is 1.72. The zero-order valence-electron chi connectivity index (χ0n) is 13.2. The summed E-state index contributed by atoms with van der Waals surface area (Å²) in [6.45, 7) is 13.8. The highest BCUT2D eigenvalue weighted by molar-refractivity contribution is 5.81. The second kappa shape index (κ2) is 6.87. The average Bonchev–Trinajstić information content (AvgIpc) is 2.45. The molecule has 2 heterocycles. The third-order valence-corrected chi connectivity index (χ3v) is 4.07. The van der Waals surface area contributed by atoms with Crippen LogP contribution in [0.2, 0.25) is 0 Å². The van der Waals surface area contributed by atoms with Crippen LogP contribution in [0.3, 0.4) is 0 Å². The molecule has 0 radical (unpaired) electrons. The van der Waals surface area contributed by atoms with Crippen LogP contribution in [0.5, 0.6) is 0 Å². The van der Waals surface area contributed by atoms with E-state index in [0.717, 1.165) is 39.3 Å². The zero-order valence-corrected chi connectivity index (χ0v) is 13.2. The van der Waals surface area contributed by atoms with Gasteiger partial charge in [-0.2, -0.15) is 0 Å². The molecule has 2 rings (SSSR count). The van der Waals surface area contributed by atoms with E-state index >= 15 is 0 Å². The Hall–Kier alpha value is -0.650. The van der Waals surface area contributed by atoms with E-state index < -0.39 is 0 Å². The fraction of sp³-hybridized carbons (Fsp3) is 0.933. The topological polar surface area (TPSA) is 44.8 Å². The molecule has 1 unspecified atom stereocenters. The van der Waals surface area contributed by atoms with Crippen LogP contribution in [-0.2, 0) is 9.53 Å². The summed E-state index contributed by atoms with van der Waals surface area (Å²) in [5.41, 5.74) is 0.383. The van der Waals surface area contributed by atoms with Gasteiger partial charge in [0.2, 0.25) is 0 Å². The number of hydrogen-bond donors (Lipinski definition) is 1. The van der Waals surface area contributed by atoms with Gasteiger partial charge in [-0.15, -0.1) is 0 Å². The maximum absolute atomic E-state index is 12.3. The lowest BCUT2D eigenvalue weighted by atomic mass is 9.92. The minimum absolute atomic E-state index is 0.160. The van der Waals surface area contributed by atoms with Crippen molar-refractivity contribution in [2.24, 2.45) is 5.41 Å². The van der Waals surface area contributed by atoms with Crippen molar-refractivity contribution in [3.05, 3.63) is 0 Å². The maximum atomic E-state index is 12.3. The molecule has 0 saturated carbocycles. The highest BCUT2D eigenvalue weighted by Gasteiger charge is 2.29. The molecule has 1 atom stereocenters. The molecule has 2 aliphatic rings. The van der Waals surface area contributed by atoms with E-state index in [-0.39, 0.29) is 12.0 Å². The highest BCUT2D eigenvalue weighted by atomic mass is 16.5. The molecule has 20 heavy (non-hydrogen) atoms. The Bertz CT molecular complexity index is 314. The Morgan fingerprint density at radius 1 is 1.25 bits per heavy atom. The summed E-state index contributed by atoms with van der Waals surface area (Å²) in [5, 5.41) is 3.22. The van der Waals surface area contributed by atoms with Crippen molar-refractivity contribution >= 4 is 5.91 Å². The summed E-state index contributed by atoms with van der Waals surface area (Å²) in [6, 6.07) is 0. The second-order valence-corrected chi connectivity index (χ2v) is 7.04.